The predicted octanol–water partition coefficient (Wildman–Crippen LogP) is 3.59. The third-order valence-electron chi connectivity index (χ3n) is 3.57. The first-order valence-electron chi connectivity index (χ1n) is 7.23. The summed E-state index contributed by atoms with van der Waals surface area (Å²) in [6.45, 7) is 2.11. The fourth-order valence-corrected chi connectivity index (χ4v) is 2.65. The second-order valence-electron chi connectivity index (χ2n) is 5.14. The molecular weight excluding hydrogens is 305 g/mol. The van der Waals surface area contributed by atoms with Crippen molar-refractivity contribution in [3.63, 3.8) is 0 Å². The lowest BCUT2D eigenvalue weighted by atomic mass is 10.0. The first-order valence-corrected chi connectivity index (χ1v) is 7.61. The van der Waals surface area contributed by atoms with Gasteiger partial charge >= 0.3 is 0 Å². The average Bonchev–Trinajstić information content (AvgIpc) is 2.57. The van der Waals surface area contributed by atoms with Crippen molar-refractivity contribution in [3.05, 3.63) is 64.9 Å². The van der Waals surface area contributed by atoms with Crippen LogP contribution in [0.4, 0.5) is 4.39 Å². The van der Waals surface area contributed by atoms with Crippen LogP contribution in [-0.4, -0.2) is 25.8 Å². The highest BCUT2D eigenvalue weighted by molar-refractivity contribution is 6.32. The van der Waals surface area contributed by atoms with Gasteiger partial charge in [-0.1, -0.05) is 41.9 Å². The molecule has 0 aromatic heterocycles. The van der Waals surface area contributed by atoms with Crippen LogP contribution in [0.1, 0.15) is 11.7 Å². The molecule has 0 spiro atoms. The quantitative estimate of drug-likeness (QED) is 0.933. The first-order chi connectivity index (χ1) is 10.7. The van der Waals surface area contributed by atoms with Gasteiger partial charge in [-0.25, -0.2) is 4.39 Å². The summed E-state index contributed by atoms with van der Waals surface area (Å²) in [4.78, 5) is 0. The molecule has 2 aromatic rings. The minimum atomic E-state index is -0.381. The lowest BCUT2D eigenvalue weighted by molar-refractivity contribution is -0.0432. The maximum Gasteiger partial charge on any atom is 0.151 e. The Morgan fingerprint density at radius 2 is 2.05 bits per heavy atom. The molecule has 1 aliphatic heterocycles. The maximum atomic E-state index is 13.5. The van der Waals surface area contributed by atoms with Crippen LogP contribution < -0.4 is 10.1 Å². The zero-order valence-electron chi connectivity index (χ0n) is 12.0. The van der Waals surface area contributed by atoms with Gasteiger partial charge in [0.05, 0.1) is 11.6 Å². The molecule has 116 valence electrons. The molecule has 0 radical (unpaired) electrons. The van der Waals surface area contributed by atoms with Gasteiger partial charge in [0.1, 0.15) is 17.7 Å². The number of morpholine rings is 1. The number of hydrogen-bond acceptors (Lipinski definition) is 3. The molecule has 2 unspecified atom stereocenters. The minimum absolute atomic E-state index is 0.157. The SMILES string of the molecule is Fc1ccc(Cl)c(OC(c2ccccc2)C2CNCCO2)c1. The fourth-order valence-electron chi connectivity index (χ4n) is 2.49. The Morgan fingerprint density at radius 1 is 1.23 bits per heavy atom. The van der Waals surface area contributed by atoms with Crippen LogP contribution in [0.15, 0.2) is 48.5 Å². The number of rotatable bonds is 4. The van der Waals surface area contributed by atoms with E-state index in [0.29, 0.717) is 23.9 Å². The standard InChI is InChI=1S/C17H17ClFNO2/c18-14-7-6-13(19)10-15(14)22-17(12-4-2-1-3-5-12)16-11-20-8-9-21-16/h1-7,10,16-17,20H,8-9,11H2. The van der Waals surface area contributed by atoms with Gasteiger partial charge in [-0.15, -0.1) is 0 Å². The van der Waals surface area contributed by atoms with E-state index < -0.39 is 0 Å². The Bertz CT molecular complexity index is 617. The molecule has 0 bridgehead atoms. The summed E-state index contributed by atoms with van der Waals surface area (Å²) in [5.74, 6) is -0.0569. The molecule has 1 saturated heterocycles. The van der Waals surface area contributed by atoms with E-state index in [1.165, 1.54) is 18.2 Å². The lowest BCUT2D eigenvalue weighted by Gasteiger charge is -2.31. The highest BCUT2D eigenvalue weighted by atomic mass is 35.5. The Labute approximate surface area is 134 Å². The van der Waals surface area contributed by atoms with E-state index in [1.54, 1.807) is 0 Å². The molecule has 0 amide bonds. The highest BCUT2D eigenvalue weighted by Crippen LogP contribution is 2.32. The van der Waals surface area contributed by atoms with Gasteiger partial charge < -0.3 is 14.8 Å². The predicted molar refractivity (Wildman–Crippen MR) is 83.8 cm³/mol. The van der Waals surface area contributed by atoms with Gasteiger partial charge in [0, 0.05) is 19.2 Å². The van der Waals surface area contributed by atoms with Crippen LogP contribution in [0.5, 0.6) is 5.75 Å². The van der Waals surface area contributed by atoms with E-state index in [2.05, 4.69) is 5.32 Å². The molecule has 3 nitrogen and oxygen atoms in total. The summed E-state index contributed by atoms with van der Waals surface area (Å²) in [6.07, 6.45) is -0.510. The molecule has 1 N–H and O–H groups in total. The summed E-state index contributed by atoms with van der Waals surface area (Å²) >= 11 is 6.12. The van der Waals surface area contributed by atoms with E-state index in [0.717, 1.165) is 12.1 Å². The van der Waals surface area contributed by atoms with Gasteiger partial charge in [-0.05, 0) is 17.7 Å². The van der Waals surface area contributed by atoms with Crippen LogP contribution in [0.2, 0.25) is 5.02 Å². The van der Waals surface area contributed by atoms with Crippen LogP contribution in [0.3, 0.4) is 0 Å². The second-order valence-corrected chi connectivity index (χ2v) is 5.54. The summed E-state index contributed by atoms with van der Waals surface area (Å²) in [5.41, 5.74) is 0.969. The van der Waals surface area contributed by atoms with Crippen LogP contribution in [0, 0.1) is 5.82 Å². The Hall–Kier alpha value is -1.62. The van der Waals surface area contributed by atoms with Crippen molar-refractivity contribution >= 4 is 11.6 Å². The Balaban J connectivity index is 1.89. The summed E-state index contributed by atoms with van der Waals surface area (Å²) < 4.78 is 25.3. The first kappa shape index (κ1) is 15.3. The van der Waals surface area contributed by atoms with Gasteiger partial charge in [0.15, 0.2) is 6.10 Å². The number of nitrogens with one attached hydrogen (secondary N) is 1. The van der Waals surface area contributed by atoms with Gasteiger partial charge in [0.2, 0.25) is 0 Å². The molecule has 3 rings (SSSR count). The molecule has 1 aliphatic rings. The zero-order valence-corrected chi connectivity index (χ0v) is 12.7. The molecule has 0 aliphatic carbocycles. The summed E-state index contributed by atoms with van der Waals surface area (Å²) in [7, 11) is 0. The topological polar surface area (TPSA) is 30.5 Å². The zero-order chi connectivity index (χ0) is 15.4. The van der Waals surface area contributed by atoms with Crippen LogP contribution >= 0.6 is 11.6 Å². The molecule has 22 heavy (non-hydrogen) atoms. The van der Waals surface area contributed by atoms with Crippen molar-refractivity contribution in [2.45, 2.75) is 12.2 Å². The van der Waals surface area contributed by atoms with Crippen molar-refractivity contribution in [2.75, 3.05) is 19.7 Å². The molecule has 5 heteroatoms. The lowest BCUT2D eigenvalue weighted by Crippen LogP contribution is -2.43. The third-order valence-corrected chi connectivity index (χ3v) is 3.88. The monoisotopic (exact) mass is 321 g/mol. The third kappa shape index (κ3) is 3.58. The van der Waals surface area contributed by atoms with Crippen LogP contribution in [-0.2, 0) is 4.74 Å². The van der Waals surface area contributed by atoms with Crippen molar-refractivity contribution in [2.24, 2.45) is 0 Å². The number of benzene rings is 2. The second kappa shape index (κ2) is 7.09. The number of halogens is 2. The van der Waals surface area contributed by atoms with E-state index in [1.807, 2.05) is 30.3 Å². The fraction of sp³-hybridized carbons (Fsp3) is 0.294. The van der Waals surface area contributed by atoms with Gasteiger partial charge in [0.25, 0.3) is 0 Å². The normalized spacial score (nSPS) is 19.6. The van der Waals surface area contributed by atoms with E-state index >= 15 is 0 Å². The molecular formula is C17H17ClFNO2. The van der Waals surface area contributed by atoms with E-state index in [9.17, 15) is 4.39 Å². The smallest absolute Gasteiger partial charge is 0.151 e. The van der Waals surface area contributed by atoms with Crippen LogP contribution in [0.25, 0.3) is 0 Å². The molecule has 0 saturated carbocycles. The van der Waals surface area contributed by atoms with Gasteiger partial charge in [-0.2, -0.15) is 0 Å². The highest BCUT2D eigenvalue weighted by Gasteiger charge is 2.28. The Kier molecular flexibility index (Phi) is 4.93. The summed E-state index contributed by atoms with van der Waals surface area (Å²) in [6, 6.07) is 13.9. The molecule has 2 atom stereocenters. The van der Waals surface area contributed by atoms with Gasteiger partial charge in [-0.3, -0.25) is 0 Å². The van der Waals surface area contributed by atoms with Crippen molar-refractivity contribution in [1.29, 1.82) is 0 Å². The van der Waals surface area contributed by atoms with Crippen molar-refractivity contribution < 1.29 is 13.9 Å². The van der Waals surface area contributed by atoms with E-state index in [-0.39, 0.29) is 18.0 Å². The Morgan fingerprint density at radius 3 is 2.77 bits per heavy atom. The molecule has 1 heterocycles. The average molecular weight is 322 g/mol. The number of hydrogen-bond donors (Lipinski definition) is 1. The number of ether oxygens (including phenoxy) is 2. The summed E-state index contributed by atoms with van der Waals surface area (Å²) in [5, 5.41) is 3.67. The largest absolute Gasteiger partial charge is 0.481 e. The molecule has 1 fully saturated rings. The minimum Gasteiger partial charge on any atom is -0.481 e. The maximum absolute atomic E-state index is 13.5. The molecule has 2 aromatic carbocycles. The van der Waals surface area contributed by atoms with Crippen molar-refractivity contribution in [1.82, 2.24) is 5.32 Å². The van der Waals surface area contributed by atoms with Crippen molar-refractivity contribution in [3.8, 4) is 5.75 Å². The van der Waals surface area contributed by atoms with E-state index in [4.69, 9.17) is 21.1 Å².